The fourth-order valence-electron chi connectivity index (χ4n) is 2.89. The lowest BCUT2D eigenvalue weighted by Crippen LogP contribution is -2.24. The number of aromatic nitrogens is 2. The van der Waals surface area contributed by atoms with Crippen LogP contribution in [0.2, 0.25) is 5.02 Å². The van der Waals surface area contributed by atoms with Gasteiger partial charge in [-0.3, -0.25) is 9.13 Å². The largest absolute Gasteiger partial charge is 0.435 e. The first-order valence-corrected chi connectivity index (χ1v) is 8.15. The molecule has 0 N–H and O–H groups in total. The van der Waals surface area contributed by atoms with E-state index in [2.05, 4.69) is 4.74 Å². The van der Waals surface area contributed by atoms with Gasteiger partial charge >= 0.3 is 12.3 Å². The second-order valence-corrected chi connectivity index (χ2v) is 6.45. The van der Waals surface area contributed by atoms with Crippen molar-refractivity contribution in [2.24, 2.45) is 0 Å². The Morgan fingerprint density at radius 3 is 2.48 bits per heavy atom. The van der Waals surface area contributed by atoms with Crippen LogP contribution in [0.15, 0.2) is 41.2 Å². The number of alkyl halides is 2. The van der Waals surface area contributed by atoms with Gasteiger partial charge < -0.3 is 4.74 Å². The molecule has 132 valence electrons. The molecule has 0 aliphatic rings. The molecule has 25 heavy (non-hydrogen) atoms. The summed E-state index contributed by atoms with van der Waals surface area (Å²) in [5, 5.41) is 0.530. The SMILES string of the molecule is Cc1cc2c(cc1Cl)n(-c1cccc(OC(F)F)c1)c(=O)n2C(C)C. The van der Waals surface area contributed by atoms with Crippen LogP contribution in [-0.2, 0) is 0 Å². The highest BCUT2D eigenvalue weighted by Gasteiger charge is 2.18. The van der Waals surface area contributed by atoms with Gasteiger partial charge in [0.15, 0.2) is 0 Å². The number of halogens is 3. The maximum Gasteiger partial charge on any atom is 0.387 e. The number of nitrogens with zero attached hydrogens (tertiary/aromatic N) is 2. The quantitative estimate of drug-likeness (QED) is 0.656. The van der Waals surface area contributed by atoms with Crippen LogP contribution >= 0.6 is 11.6 Å². The predicted molar refractivity (Wildman–Crippen MR) is 94.3 cm³/mol. The third-order valence-electron chi connectivity index (χ3n) is 3.97. The summed E-state index contributed by atoms with van der Waals surface area (Å²) >= 11 is 6.24. The minimum absolute atomic E-state index is 0.0111. The maximum atomic E-state index is 13.0. The van der Waals surface area contributed by atoms with Gasteiger partial charge in [0.2, 0.25) is 0 Å². The first kappa shape index (κ1) is 17.5. The van der Waals surface area contributed by atoms with Crippen molar-refractivity contribution in [3.63, 3.8) is 0 Å². The number of fused-ring (bicyclic) bond motifs is 1. The van der Waals surface area contributed by atoms with Crippen molar-refractivity contribution in [1.82, 2.24) is 9.13 Å². The lowest BCUT2D eigenvalue weighted by molar-refractivity contribution is -0.0498. The zero-order chi connectivity index (χ0) is 18.3. The third kappa shape index (κ3) is 3.14. The summed E-state index contributed by atoms with van der Waals surface area (Å²) in [6.45, 7) is 2.75. The Morgan fingerprint density at radius 2 is 1.84 bits per heavy atom. The zero-order valence-corrected chi connectivity index (χ0v) is 14.7. The van der Waals surface area contributed by atoms with Gasteiger partial charge in [-0.1, -0.05) is 17.7 Å². The van der Waals surface area contributed by atoms with Crippen molar-refractivity contribution in [2.45, 2.75) is 33.4 Å². The van der Waals surface area contributed by atoms with Crippen LogP contribution in [0, 0.1) is 6.92 Å². The second-order valence-electron chi connectivity index (χ2n) is 6.05. The van der Waals surface area contributed by atoms with Crippen molar-refractivity contribution in [2.75, 3.05) is 0 Å². The summed E-state index contributed by atoms with van der Waals surface area (Å²) in [5.74, 6) is -0.0111. The van der Waals surface area contributed by atoms with E-state index in [1.54, 1.807) is 22.8 Å². The van der Waals surface area contributed by atoms with E-state index in [0.29, 0.717) is 16.2 Å². The van der Waals surface area contributed by atoms with Crippen LogP contribution < -0.4 is 10.4 Å². The lowest BCUT2D eigenvalue weighted by atomic mass is 10.2. The van der Waals surface area contributed by atoms with E-state index in [1.807, 2.05) is 26.8 Å². The fraction of sp³-hybridized carbons (Fsp3) is 0.278. The van der Waals surface area contributed by atoms with Crippen molar-refractivity contribution >= 4 is 22.6 Å². The summed E-state index contributed by atoms with van der Waals surface area (Å²) in [6.07, 6.45) is 0. The molecule has 0 atom stereocenters. The van der Waals surface area contributed by atoms with E-state index in [4.69, 9.17) is 11.6 Å². The van der Waals surface area contributed by atoms with Gasteiger partial charge in [-0.05, 0) is 50.6 Å². The first-order valence-electron chi connectivity index (χ1n) is 7.78. The van der Waals surface area contributed by atoms with Gasteiger partial charge in [0.05, 0.1) is 16.7 Å². The molecule has 1 heterocycles. The molecule has 0 unspecified atom stereocenters. The van der Waals surface area contributed by atoms with Crippen LogP contribution in [-0.4, -0.2) is 15.7 Å². The van der Waals surface area contributed by atoms with Crippen LogP contribution in [0.5, 0.6) is 5.75 Å². The number of rotatable bonds is 4. The molecule has 0 aliphatic heterocycles. The first-order chi connectivity index (χ1) is 11.8. The standard InChI is InChI=1S/C18H17ClF2N2O2/c1-10(2)22-15-7-11(3)14(19)9-16(15)23(18(22)24)12-5-4-6-13(8-12)25-17(20)21/h4-10,17H,1-3H3. The van der Waals surface area contributed by atoms with Gasteiger partial charge in [0, 0.05) is 17.1 Å². The van der Waals surface area contributed by atoms with Gasteiger partial charge in [-0.25, -0.2) is 4.79 Å². The average Bonchev–Trinajstić information content (AvgIpc) is 2.78. The molecule has 0 saturated heterocycles. The molecule has 0 saturated carbocycles. The molecule has 1 aromatic heterocycles. The Morgan fingerprint density at radius 1 is 1.12 bits per heavy atom. The molecule has 4 nitrogen and oxygen atoms in total. The van der Waals surface area contributed by atoms with E-state index in [-0.39, 0.29) is 17.5 Å². The van der Waals surface area contributed by atoms with Crippen LogP contribution in [0.3, 0.4) is 0 Å². The molecule has 3 aromatic rings. The normalized spacial score (nSPS) is 11.7. The topological polar surface area (TPSA) is 36.2 Å². The molecule has 7 heteroatoms. The smallest absolute Gasteiger partial charge is 0.387 e. The Labute approximate surface area is 148 Å². The Bertz CT molecular complexity index is 993. The molecule has 0 bridgehead atoms. The molecule has 0 aliphatic carbocycles. The van der Waals surface area contributed by atoms with Crippen molar-refractivity contribution in [1.29, 1.82) is 0 Å². The molecule has 3 rings (SSSR count). The lowest BCUT2D eigenvalue weighted by Gasteiger charge is -2.08. The van der Waals surface area contributed by atoms with Crippen LogP contribution in [0.25, 0.3) is 16.7 Å². The molecule has 0 radical (unpaired) electrons. The van der Waals surface area contributed by atoms with Crippen LogP contribution in [0.4, 0.5) is 8.78 Å². The highest BCUT2D eigenvalue weighted by molar-refractivity contribution is 6.32. The number of benzene rings is 2. The van der Waals surface area contributed by atoms with E-state index < -0.39 is 6.61 Å². The van der Waals surface area contributed by atoms with E-state index >= 15 is 0 Å². The minimum atomic E-state index is -2.93. The van der Waals surface area contributed by atoms with E-state index in [1.165, 1.54) is 16.7 Å². The molecule has 0 fully saturated rings. The van der Waals surface area contributed by atoms with Crippen molar-refractivity contribution in [3.8, 4) is 11.4 Å². The van der Waals surface area contributed by atoms with Gasteiger partial charge in [-0.2, -0.15) is 8.78 Å². The number of ether oxygens (including phenoxy) is 1. The molecule has 0 amide bonds. The monoisotopic (exact) mass is 366 g/mol. The number of imidazole rings is 1. The molecule has 2 aromatic carbocycles. The zero-order valence-electron chi connectivity index (χ0n) is 14.0. The average molecular weight is 367 g/mol. The van der Waals surface area contributed by atoms with Crippen molar-refractivity contribution in [3.05, 3.63) is 57.5 Å². The Balaban J connectivity index is 2.31. The highest BCUT2D eigenvalue weighted by atomic mass is 35.5. The van der Waals surface area contributed by atoms with Crippen LogP contribution in [0.1, 0.15) is 25.5 Å². The third-order valence-corrected chi connectivity index (χ3v) is 4.38. The molecule has 0 spiro atoms. The second kappa shape index (κ2) is 6.52. The van der Waals surface area contributed by atoms with E-state index in [9.17, 15) is 13.6 Å². The number of hydrogen-bond acceptors (Lipinski definition) is 2. The summed E-state index contributed by atoms with van der Waals surface area (Å²) in [5.41, 5.74) is 2.38. The Kier molecular flexibility index (Phi) is 4.56. The van der Waals surface area contributed by atoms with E-state index in [0.717, 1.165) is 11.1 Å². The summed E-state index contributed by atoms with van der Waals surface area (Å²) in [6, 6.07) is 9.55. The van der Waals surface area contributed by atoms with Gasteiger partial charge in [0.25, 0.3) is 0 Å². The Hall–Kier alpha value is -2.34. The summed E-state index contributed by atoms with van der Waals surface area (Å²) in [7, 11) is 0. The number of hydrogen-bond donors (Lipinski definition) is 0. The summed E-state index contributed by atoms with van der Waals surface area (Å²) in [4.78, 5) is 13.0. The van der Waals surface area contributed by atoms with Gasteiger partial charge in [-0.15, -0.1) is 0 Å². The summed E-state index contributed by atoms with van der Waals surface area (Å²) < 4.78 is 32.5. The predicted octanol–water partition coefficient (Wildman–Crippen LogP) is 4.94. The fourth-order valence-corrected chi connectivity index (χ4v) is 3.05. The molecular formula is C18H17ClF2N2O2. The maximum absolute atomic E-state index is 13.0. The molecular weight excluding hydrogens is 350 g/mol. The van der Waals surface area contributed by atoms with Gasteiger partial charge in [0.1, 0.15) is 5.75 Å². The number of aryl methyl sites for hydroxylation is 1. The highest BCUT2D eigenvalue weighted by Crippen LogP contribution is 2.28. The minimum Gasteiger partial charge on any atom is -0.435 e. The van der Waals surface area contributed by atoms with Crippen molar-refractivity contribution < 1.29 is 13.5 Å².